The van der Waals surface area contributed by atoms with Crippen molar-refractivity contribution in [2.45, 2.75) is 6.42 Å². The summed E-state index contributed by atoms with van der Waals surface area (Å²) in [5.41, 5.74) is 7.03. The van der Waals surface area contributed by atoms with Gasteiger partial charge in [-0.05, 0) is 12.1 Å². The van der Waals surface area contributed by atoms with Crippen LogP contribution in [0.1, 0.15) is 17.5 Å². The van der Waals surface area contributed by atoms with Crippen molar-refractivity contribution < 1.29 is 9.53 Å². The van der Waals surface area contributed by atoms with Gasteiger partial charge in [-0.15, -0.1) is 0 Å². The Hall–Kier alpha value is -1.86. The van der Waals surface area contributed by atoms with Crippen LogP contribution < -0.4 is 5.73 Å². The molecule has 0 heterocycles. The first-order chi connectivity index (χ1) is 7.63. The molecule has 1 rings (SSSR count). The van der Waals surface area contributed by atoms with Crippen molar-refractivity contribution in [1.82, 2.24) is 0 Å². The molecule has 2 N–H and O–H groups in total. The number of rotatable bonds is 2. The monoisotopic (exact) mass is 233 g/mol. The number of carbonyl (C=O) groups excluding carboxylic acids is 1. The van der Waals surface area contributed by atoms with Gasteiger partial charge in [0.05, 0.1) is 7.11 Å². The first kappa shape index (κ1) is 12.2. The molecule has 0 unspecified atom stereocenters. The highest BCUT2D eigenvalue weighted by Gasteiger charge is 1.96. The van der Waals surface area contributed by atoms with Crippen LogP contribution in [0.4, 0.5) is 0 Å². The standard InChI is InChI=1S/C12H11NO2S/c1-15-11(14)7-3-5-9-4-2-6-10(8-9)12(13)16/h2,4,6,8H,7H2,1H3,(H2,13,16). The highest BCUT2D eigenvalue weighted by Crippen LogP contribution is 2.03. The van der Waals surface area contributed by atoms with E-state index in [0.717, 1.165) is 11.1 Å². The molecule has 0 amide bonds. The molecule has 0 aromatic heterocycles. The number of thiocarbonyl (C=S) groups is 1. The Bertz CT molecular complexity index is 471. The number of hydrogen-bond donors (Lipinski definition) is 1. The van der Waals surface area contributed by atoms with Crippen LogP contribution in [0.15, 0.2) is 24.3 Å². The summed E-state index contributed by atoms with van der Waals surface area (Å²) in [6.07, 6.45) is 0.0772. The predicted molar refractivity (Wildman–Crippen MR) is 65.8 cm³/mol. The van der Waals surface area contributed by atoms with Crippen LogP contribution in [0, 0.1) is 11.8 Å². The lowest BCUT2D eigenvalue weighted by Gasteiger charge is -1.97. The van der Waals surface area contributed by atoms with Crippen LogP contribution in [0.5, 0.6) is 0 Å². The lowest BCUT2D eigenvalue weighted by atomic mass is 10.1. The van der Waals surface area contributed by atoms with E-state index >= 15 is 0 Å². The third kappa shape index (κ3) is 3.71. The zero-order valence-electron chi connectivity index (χ0n) is 8.82. The lowest BCUT2D eigenvalue weighted by molar-refractivity contribution is -0.139. The highest BCUT2D eigenvalue weighted by molar-refractivity contribution is 7.80. The van der Waals surface area contributed by atoms with Crippen molar-refractivity contribution in [2.75, 3.05) is 7.11 Å². The fourth-order valence-corrected chi connectivity index (χ4v) is 1.17. The van der Waals surface area contributed by atoms with Gasteiger partial charge in [0.15, 0.2) is 0 Å². The number of esters is 1. The number of methoxy groups -OCH3 is 1. The summed E-state index contributed by atoms with van der Waals surface area (Å²) >= 11 is 4.85. The van der Waals surface area contributed by atoms with E-state index in [9.17, 15) is 4.79 Å². The Morgan fingerprint density at radius 3 is 2.94 bits per heavy atom. The van der Waals surface area contributed by atoms with Crippen molar-refractivity contribution in [3.8, 4) is 11.8 Å². The molecule has 0 fully saturated rings. The minimum absolute atomic E-state index is 0.0772. The first-order valence-electron chi connectivity index (χ1n) is 4.59. The Morgan fingerprint density at radius 2 is 2.31 bits per heavy atom. The van der Waals surface area contributed by atoms with Gasteiger partial charge < -0.3 is 10.5 Å². The van der Waals surface area contributed by atoms with Gasteiger partial charge in [0.1, 0.15) is 11.4 Å². The van der Waals surface area contributed by atoms with E-state index in [1.165, 1.54) is 7.11 Å². The average Bonchev–Trinajstić information content (AvgIpc) is 2.29. The van der Waals surface area contributed by atoms with E-state index in [1.54, 1.807) is 6.07 Å². The largest absolute Gasteiger partial charge is 0.468 e. The van der Waals surface area contributed by atoms with E-state index < -0.39 is 0 Å². The molecule has 0 bridgehead atoms. The van der Waals surface area contributed by atoms with Gasteiger partial charge in [-0.1, -0.05) is 36.2 Å². The van der Waals surface area contributed by atoms with E-state index in [0.29, 0.717) is 4.99 Å². The van der Waals surface area contributed by atoms with Crippen molar-refractivity contribution in [1.29, 1.82) is 0 Å². The number of carbonyl (C=O) groups is 1. The zero-order valence-corrected chi connectivity index (χ0v) is 9.64. The fraction of sp³-hybridized carbons (Fsp3) is 0.167. The summed E-state index contributed by atoms with van der Waals surface area (Å²) < 4.78 is 4.47. The summed E-state index contributed by atoms with van der Waals surface area (Å²) in [4.78, 5) is 11.1. The summed E-state index contributed by atoms with van der Waals surface area (Å²) in [7, 11) is 1.33. The van der Waals surface area contributed by atoms with Gasteiger partial charge in [0.2, 0.25) is 0 Å². The van der Waals surface area contributed by atoms with Gasteiger partial charge >= 0.3 is 5.97 Å². The Balaban J connectivity index is 2.77. The third-order valence-electron chi connectivity index (χ3n) is 1.84. The smallest absolute Gasteiger partial charge is 0.317 e. The van der Waals surface area contributed by atoms with Gasteiger partial charge in [-0.2, -0.15) is 0 Å². The maximum Gasteiger partial charge on any atom is 0.317 e. The van der Waals surface area contributed by atoms with Crippen LogP contribution >= 0.6 is 12.2 Å². The van der Waals surface area contributed by atoms with E-state index in [-0.39, 0.29) is 12.4 Å². The molecule has 3 nitrogen and oxygen atoms in total. The number of hydrogen-bond acceptors (Lipinski definition) is 3. The molecule has 0 aliphatic heterocycles. The summed E-state index contributed by atoms with van der Waals surface area (Å²) in [5.74, 6) is 5.20. The second-order valence-electron chi connectivity index (χ2n) is 3.00. The van der Waals surface area contributed by atoms with Crippen molar-refractivity contribution in [3.63, 3.8) is 0 Å². The highest BCUT2D eigenvalue weighted by atomic mass is 32.1. The van der Waals surface area contributed by atoms with E-state index in [1.807, 2.05) is 18.2 Å². The van der Waals surface area contributed by atoms with E-state index in [4.69, 9.17) is 18.0 Å². The number of ether oxygens (including phenoxy) is 1. The summed E-state index contributed by atoms with van der Waals surface area (Å²) in [6, 6.07) is 7.24. The maximum absolute atomic E-state index is 10.8. The van der Waals surface area contributed by atoms with Crippen LogP contribution in [-0.4, -0.2) is 18.1 Å². The van der Waals surface area contributed by atoms with Crippen LogP contribution in [0.2, 0.25) is 0 Å². The molecule has 0 aliphatic rings. The molecule has 0 radical (unpaired) electrons. The van der Waals surface area contributed by atoms with Crippen LogP contribution in [-0.2, 0) is 9.53 Å². The van der Waals surface area contributed by atoms with Gasteiger partial charge in [-0.3, -0.25) is 4.79 Å². The van der Waals surface area contributed by atoms with Crippen molar-refractivity contribution in [3.05, 3.63) is 35.4 Å². The normalized spacial score (nSPS) is 8.81. The molecule has 0 saturated heterocycles. The summed E-state index contributed by atoms with van der Waals surface area (Å²) in [6.45, 7) is 0. The topological polar surface area (TPSA) is 52.3 Å². The molecular formula is C12H11NO2S. The van der Waals surface area contributed by atoms with Crippen molar-refractivity contribution in [2.24, 2.45) is 5.73 Å². The number of benzene rings is 1. The van der Waals surface area contributed by atoms with Crippen LogP contribution in [0.25, 0.3) is 0 Å². The first-order valence-corrected chi connectivity index (χ1v) is 5.00. The van der Waals surface area contributed by atoms with Gasteiger partial charge in [0, 0.05) is 11.1 Å². The number of nitrogens with two attached hydrogens (primary N) is 1. The fourth-order valence-electron chi connectivity index (χ4n) is 1.04. The molecule has 0 saturated carbocycles. The molecule has 0 atom stereocenters. The average molecular weight is 233 g/mol. The molecule has 0 aliphatic carbocycles. The SMILES string of the molecule is COC(=O)CC#Cc1cccc(C(N)=S)c1. The third-order valence-corrected chi connectivity index (χ3v) is 2.08. The second kappa shape index (κ2) is 5.89. The van der Waals surface area contributed by atoms with Gasteiger partial charge in [0.25, 0.3) is 0 Å². The Morgan fingerprint density at radius 1 is 1.56 bits per heavy atom. The van der Waals surface area contributed by atoms with Crippen LogP contribution in [0.3, 0.4) is 0 Å². The zero-order chi connectivity index (χ0) is 12.0. The molecular weight excluding hydrogens is 222 g/mol. The summed E-state index contributed by atoms with van der Waals surface area (Å²) in [5, 5.41) is 0. The minimum Gasteiger partial charge on any atom is -0.468 e. The lowest BCUT2D eigenvalue weighted by Crippen LogP contribution is -2.09. The molecule has 1 aromatic carbocycles. The van der Waals surface area contributed by atoms with Gasteiger partial charge in [-0.25, -0.2) is 0 Å². The van der Waals surface area contributed by atoms with Crippen molar-refractivity contribution >= 4 is 23.2 Å². The minimum atomic E-state index is -0.349. The second-order valence-corrected chi connectivity index (χ2v) is 3.44. The maximum atomic E-state index is 10.8. The molecule has 82 valence electrons. The quantitative estimate of drug-likeness (QED) is 0.474. The molecule has 1 aromatic rings. The molecule has 0 spiro atoms. The Labute approximate surface area is 99.6 Å². The molecule has 16 heavy (non-hydrogen) atoms. The van der Waals surface area contributed by atoms with E-state index in [2.05, 4.69) is 16.6 Å². The Kier molecular flexibility index (Phi) is 4.49. The molecule has 4 heteroatoms. The predicted octanol–water partition coefficient (Wildman–Crippen LogP) is 1.24.